The Bertz CT molecular complexity index is 640. The zero-order chi connectivity index (χ0) is 16.7. The highest BCUT2D eigenvalue weighted by Gasteiger charge is 2.15. The van der Waals surface area contributed by atoms with Crippen molar-refractivity contribution in [3.8, 4) is 17.2 Å². The van der Waals surface area contributed by atoms with Crippen molar-refractivity contribution in [1.29, 1.82) is 0 Å². The largest absolute Gasteiger partial charge is 0.497 e. The van der Waals surface area contributed by atoms with Crippen LogP contribution in [0.25, 0.3) is 0 Å². The van der Waals surface area contributed by atoms with Crippen molar-refractivity contribution in [1.82, 2.24) is 0 Å². The fourth-order valence-electron chi connectivity index (χ4n) is 2.10. The van der Waals surface area contributed by atoms with E-state index in [0.717, 1.165) is 11.3 Å². The Labute approximate surface area is 136 Å². The first kappa shape index (κ1) is 16.8. The van der Waals surface area contributed by atoms with Crippen LogP contribution in [0.15, 0.2) is 48.5 Å². The Balaban J connectivity index is 2.02. The molecule has 0 saturated heterocycles. The molecule has 0 amide bonds. The van der Waals surface area contributed by atoms with Gasteiger partial charge in [-0.1, -0.05) is 12.1 Å². The van der Waals surface area contributed by atoms with Crippen molar-refractivity contribution in [2.45, 2.75) is 19.4 Å². The molecule has 0 aromatic heterocycles. The molecule has 5 nitrogen and oxygen atoms in total. The molecule has 0 aliphatic carbocycles. The third-order valence-electron chi connectivity index (χ3n) is 3.24. The summed E-state index contributed by atoms with van der Waals surface area (Å²) in [6.45, 7) is 2.08. The lowest BCUT2D eigenvalue weighted by molar-refractivity contribution is -0.144. The number of hydrogen-bond acceptors (Lipinski definition) is 5. The second kappa shape index (κ2) is 8.19. The summed E-state index contributed by atoms with van der Waals surface area (Å²) in [6.07, 6.45) is 0.401. The van der Waals surface area contributed by atoms with Crippen LogP contribution in [0.1, 0.15) is 12.5 Å². The van der Waals surface area contributed by atoms with E-state index in [4.69, 9.17) is 19.9 Å². The Kier molecular flexibility index (Phi) is 6.00. The Morgan fingerprint density at radius 2 is 1.78 bits per heavy atom. The second-order valence-electron chi connectivity index (χ2n) is 4.99. The number of methoxy groups -OCH3 is 1. The van der Waals surface area contributed by atoms with Gasteiger partial charge in [-0.2, -0.15) is 0 Å². The summed E-state index contributed by atoms with van der Waals surface area (Å²) in [4.78, 5) is 11.6. The van der Waals surface area contributed by atoms with Crippen molar-refractivity contribution in [3.63, 3.8) is 0 Å². The number of carbonyl (C=O) groups excluding carboxylic acids is 1. The molecular formula is C18H21NO4. The third-order valence-corrected chi connectivity index (χ3v) is 3.24. The number of carbonyl (C=O) groups is 1. The van der Waals surface area contributed by atoms with E-state index in [1.807, 2.05) is 48.5 Å². The van der Waals surface area contributed by atoms with E-state index < -0.39 is 12.0 Å². The summed E-state index contributed by atoms with van der Waals surface area (Å²) in [6, 6.07) is 14.1. The SMILES string of the molecule is CCOC(=O)C(N)Cc1cccc(Oc2ccc(OC)cc2)c1. The summed E-state index contributed by atoms with van der Waals surface area (Å²) < 4.78 is 15.8. The number of esters is 1. The van der Waals surface area contributed by atoms with Crippen LogP contribution in [0.2, 0.25) is 0 Å². The molecule has 0 aliphatic heterocycles. The molecule has 2 rings (SSSR count). The van der Waals surface area contributed by atoms with Gasteiger partial charge in [0.15, 0.2) is 0 Å². The summed E-state index contributed by atoms with van der Waals surface area (Å²) in [7, 11) is 1.62. The van der Waals surface area contributed by atoms with E-state index >= 15 is 0 Å². The van der Waals surface area contributed by atoms with Crippen LogP contribution in [0.3, 0.4) is 0 Å². The van der Waals surface area contributed by atoms with E-state index in [-0.39, 0.29) is 0 Å². The van der Waals surface area contributed by atoms with Gasteiger partial charge in [0.05, 0.1) is 13.7 Å². The van der Waals surface area contributed by atoms with E-state index in [2.05, 4.69) is 0 Å². The molecule has 122 valence electrons. The molecule has 2 aromatic carbocycles. The van der Waals surface area contributed by atoms with Crippen LogP contribution in [-0.4, -0.2) is 25.7 Å². The topological polar surface area (TPSA) is 70.8 Å². The molecule has 0 aliphatic rings. The van der Waals surface area contributed by atoms with Gasteiger partial charge in [0, 0.05) is 0 Å². The number of nitrogens with two attached hydrogens (primary N) is 1. The minimum atomic E-state index is -0.675. The van der Waals surface area contributed by atoms with E-state index in [0.29, 0.717) is 24.5 Å². The van der Waals surface area contributed by atoms with Crippen molar-refractivity contribution >= 4 is 5.97 Å². The van der Waals surface area contributed by atoms with Gasteiger partial charge in [-0.15, -0.1) is 0 Å². The van der Waals surface area contributed by atoms with Gasteiger partial charge >= 0.3 is 5.97 Å². The smallest absolute Gasteiger partial charge is 0.323 e. The number of rotatable bonds is 7. The monoisotopic (exact) mass is 315 g/mol. The zero-order valence-corrected chi connectivity index (χ0v) is 13.3. The fraction of sp³-hybridized carbons (Fsp3) is 0.278. The molecule has 2 N–H and O–H groups in total. The number of benzene rings is 2. The highest BCUT2D eigenvalue weighted by atomic mass is 16.5. The average molecular weight is 315 g/mol. The number of ether oxygens (including phenoxy) is 3. The molecule has 0 saturated carbocycles. The van der Waals surface area contributed by atoms with Gasteiger partial charge in [-0.3, -0.25) is 4.79 Å². The predicted octanol–water partition coefficient (Wildman–Crippen LogP) is 2.92. The highest BCUT2D eigenvalue weighted by Crippen LogP contribution is 2.24. The molecule has 1 atom stereocenters. The van der Waals surface area contributed by atoms with Crippen LogP contribution in [0.4, 0.5) is 0 Å². The average Bonchev–Trinajstić information content (AvgIpc) is 2.56. The molecule has 5 heteroatoms. The molecule has 23 heavy (non-hydrogen) atoms. The maximum Gasteiger partial charge on any atom is 0.323 e. The predicted molar refractivity (Wildman–Crippen MR) is 87.8 cm³/mol. The third kappa shape index (κ3) is 5.00. The van der Waals surface area contributed by atoms with Crippen LogP contribution >= 0.6 is 0 Å². The van der Waals surface area contributed by atoms with Crippen LogP contribution in [0.5, 0.6) is 17.2 Å². The first-order chi connectivity index (χ1) is 11.1. The molecule has 0 radical (unpaired) electrons. The molecule has 1 unspecified atom stereocenters. The van der Waals surface area contributed by atoms with Gasteiger partial charge in [-0.05, 0) is 55.3 Å². The van der Waals surface area contributed by atoms with Gasteiger partial charge in [0.2, 0.25) is 0 Å². The van der Waals surface area contributed by atoms with Gasteiger partial charge in [0.25, 0.3) is 0 Å². The van der Waals surface area contributed by atoms with E-state index in [1.54, 1.807) is 14.0 Å². The quantitative estimate of drug-likeness (QED) is 0.796. The van der Waals surface area contributed by atoms with Crippen LogP contribution < -0.4 is 15.2 Å². The van der Waals surface area contributed by atoms with E-state index in [1.165, 1.54) is 0 Å². The lowest BCUT2D eigenvalue weighted by atomic mass is 10.1. The summed E-state index contributed by atoms with van der Waals surface area (Å²) in [5, 5.41) is 0. The normalized spacial score (nSPS) is 11.6. The Morgan fingerprint density at radius 3 is 2.43 bits per heavy atom. The van der Waals surface area contributed by atoms with Gasteiger partial charge in [-0.25, -0.2) is 0 Å². The molecule has 2 aromatic rings. The fourth-order valence-corrected chi connectivity index (χ4v) is 2.10. The van der Waals surface area contributed by atoms with Crippen LogP contribution in [0, 0.1) is 0 Å². The Morgan fingerprint density at radius 1 is 1.09 bits per heavy atom. The summed E-state index contributed by atoms with van der Waals surface area (Å²) in [5.41, 5.74) is 6.75. The second-order valence-corrected chi connectivity index (χ2v) is 4.99. The number of hydrogen-bond donors (Lipinski definition) is 1. The van der Waals surface area contributed by atoms with Gasteiger partial charge in [0.1, 0.15) is 23.3 Å². The standard InChI is InChI=1S/C18H21NO4/c1-3-22-18(20)17(19)12-13-5-4-6-16(11-13)23-15-9-7-14(21-2)8-10-15/h4-11,17H,3,12,19H2,1-2H3. The molecule has 0 heterocycles. The minimum Gasteiger partial charge on any atom is -0.497 e. The zero-order valence-electron chi connectivity index (χ0n) is 13.3. The maximum atomic E-state index is 11.6. The van der Waals surface area contributed by atoms with Crippen molar-refractivity contribution in [2.24, 2.45) is 5.73 Å². The summed E-state index contributed by atoms with van der Waals surface area (Å²) in [5.74, 6) is 1.77. The first-order valence-corrected chi connectivity index (χ1v) is 7.45. The molecule has 0 spiro atoms. The van der Waals surface area contributed by atoms with Crippen LogP contribution in [-0.2, 0) is 16.0 Å². The van der Waals surface area contributed by atoms with Crippen molar-refractivity contribution < 1.29 is 19.0 Å². The maximum absolute atomic E-state index is 11.6. The minimum absolute atomic E-state index is 0.327. The highest BCUT2D eigenvalue weighted by molar-refractivity contribution is 5.75. The lowest BCUT2D eigenvalue weighted by Crippen LogP contribution is -2.34. The first-order valence-electron chi connectivity index (χ1n) is 7.45. The Hall–Kier alpha value is -2.53. The van der Waals surface area contributed by atoms with Crippen molar-refractivity contribution in [3.05, 3.63) is 54.1 Å². The summed E-state index contributed by atoms with van der Waals surface area (Å²) >= 11 is 0. The molecular weight excluding hydrogens is 294 g/mol. The molecule has 0 fully saturated rings. The lowest BCUT2D eigenvalue weighted by Gasteiger charge is -2.12. The van der Waals surface area contributed by atoms with Gasteiger partial charge < -0.3 is 19.9 Å². The van der Waals surface area contributed by atoms with E-state index in [9.17, 15) is 4.79 Å². The molecule has 0 bridgehead atoms. The van der Waals surface area contributed by atoms with Crippen molar-refractivity contribution in [2.75, 3.05) is 13.7 Å².